The van der Waals surface area contributed by atoms with Crippen LogP contribution >= 0.6 is 0 Å². The molecule has 0 spiro atoms. The summed E-state index contributed by atoms with van der Waals surface area (Å²) in [5.41, 5.74) is 1.57. The summed E-state index contributed by atoms with van der Waals surface area (Å²) in [6.45, 7) is 1.25. The number of aromatic nitrogens is 4. The molecule has 1 aliphatic rings. The topological polar surface area (TPSA) is 177 Å². The zero-order valence-corrected chi connectivity index (χ0v) is 23.5. The van der Waals surface area contributed by atoms with E-state index >= 15 is 0 Å². The Morgan fingerprint density at radius 1 is 1.05 bits per heavy atom. The van der Waals surface area contributed by atoms with Gasteiger partial charge in [0.15, 0.2) is 0 Å². The van der Waals surface area contributed by atoms with Gasteiger partial charge in [-0.05, 0) is 29.7 Å². The summed E-state index contributed by atoms with van der Waals surface area (Å²) >= 11 is 0. The van der Waals surface area contributed by atoms with Crippen LogP contribution < -0.4 is 20.9 Å². The molecule has 1 atom stereocenters. The third-order valence-electron chi connectivity index (χ3n) is 7.26. The Morgan fingerprint density at radius 3 is 2.70 bits per heavy atom. The zero-order valence-electron chi connectivity index (χ0n) is 22.7. The molecule has 3 aromatic carbocycles. The van der Waals surface area contributed by atoms with Crippen molar-refractivity contribution in [2.75, 3.05) is 18.4 Å². The Kier molecular flexibility index (Phi) is 7.38. The Hall–Kier alpha value is -5.08. The standard InChI is InChI=1S/C29H27N7O6S/c37-26-15-21(33-29-30-11-13-35(26)29)10-12-36-24-9-8-19(14-20(24)16-32-36)27(38)31-17-23(28(39)40)34-43(41,42)25-7-3-5-18-4-1-2-6-22(18)25/h1-9,14-16,23,34H,10-13,17H2,(H,30,33)(H,31,38)(H,39,40). The average molecular weight is 602 g/mol. The number of carbonyl (C=O) groups excluding carboxylic acids is 1. The van der Waals surface area contributed by atoms with E-state index in [2.05, 4.69) is 25.4 Å². The molecular weight excluding hydrogens is 574 g/mol. The van der Waals surface area contributed by atoms with Gasteiger partial charge < -0.3 is 15.7 Å². The van der Waals surface area contributed by atoms with Crippen LogP contribution in [0.1, 0.15) is 16.1 Å². The van der Waals surface area contributed by atoms with Gasteiger partial charge in [0.05, 0.1) is 22.3 Å². The Bertz CT molecular complexity index is 2050. The average Bonchev–Trinajstić information content (AvgIpc) is 3.64. The molecule has 0 bridgehead atoms. The van der Waals surface area contributed by atoms with Crippen molar-refractivity contribution in [3.05, 3.63) is 94.5 Å². The zero-order chi connectivity index (χ0) is 30.1. The summed E-state index contributed by atoms with van der Waals surface area (Å²) in [5.74, 6) is -1.44. The predicted octanol–water partition coefficient (Wildman–Crippen LogP) is 1.58. The highest BCUT2D eigenvalue weighted by Crippen LogP contribution is 2.23. The fourth-order valence-corrected chi connectivity index (χ4v) is 6.51. The molecule has 6 rings (SSSR count). The fourth-order valence-electron chi connectivity index (χ4n) is 5.10. The molecule has 1 amide bonds. The number of carboxylic acids is 1. The second-order valence-corrected chi connectivity index (χ2v) is 11.8. The van der Waals surface area contributed by atoms with Crippen molar-refractivity contribution in [1.29, 1.82) is 0 Å². The highest BCUT2D eigenvalue weighted by molar-refractivity contribution is 7.89. The van der Waals surface area contributed by atoms with Crippen LogP contribution in [0.4, 0.5) is 5.95 Å². The monoisotopic (exact) mass is 601 g/mol. The van der Waals surface area contributed by atoms with Crippen LogP contribution in [0.3, 0.4) is 0 Å². The third-order valence-corrected chi connectivity index (χ3v) is 8.79. The smallest absolute Gasteiger partial charge is 0.323 e. The Balaban J connectivity index is 1.12. The van der Waals surface area contributed by atoms with Crippen molar-refractivity contribution in [3.8, 4) is 0 Å². The fraction of sp³-hybridized carbons (Fsp3) is 0.207. The number of aliphatic carboxylic acids is 1. The number of carbonyl (C=O) groups is 2. The normalized spacial score (nSPS) is 13.5. The number of nitrogens with one attached hydrogen (secondary N) is 3. The first-order chi connectivity index (χ1) is 20.7. The van der Waals surface area contributed by atoms with E-state index in [1.807, 2.05) is 0 Å². The van der Waals surface area contributed by atoms with Gasteiger partial charge in [0.1, 0.15) is 6.04 Å². The van der Waals surface area contributed by atoms with E-state index in [0.717, 1.165) is 5.52 Å². The van der Waals surface area contributed by atoms with Gasteiger partial charge in [-0.3, -0.25) is 23.6 Å². The van der Waals surface area contributed by atoms with E-state index in [0.29, 0.717) is 53.9 Å². The number of carboxylic acid groups (broad SMARTS) is 1. The molecule has 43 heavy (non-hydrogen) atoms. The maximum atomic E-state index is 13.1. The van der Waals surface area contributed by atoms with E-state index in [4.69, 9.17) is 0 Å². The van der Waals surface area contributed by atoms with Crippen molar-refractivity contribution in [2.45, 2.75) is 30.4 Å². The molecule has 0 saturated heterocycles. The van der Waals surface area contributed by atoms with Crippen LogP contribution in [-0.4, -0.2) is 63.9 Å². The van der Waals surface area contributed by atoms with Crippen LogP contribution in [0.5, 0.6) is 0 Å². The molecule has 0 saturated carbocycles. The maximum absolute atomic E-state index is 13.1. The molecule has 1 aliphatic heterocycles. The second kappa shape index (κ2) is 11.3. The van der Waals surface area contributed by atoms with E-state index in [1.54, 1.807) is 70.0 Å². The van der Waals surface area contributed by atoms with Gasteiger partial charge in [-0.15, -0.1) is 0 Å². The van der Waals surface area contributed by atoms with Gasteiger partial charge >= 0.3 is 5.97 Å². The molecule has 13 nitrogen and oxygen atoms in total. The van der Waals surface area contributed by atoms with Gasteiger partial charge in [-0.25, -0.2) is 13.4 Å². The van der Waals surface area contributed by atoms with Crippen LogP contribution in [-0.2, 0) is 34.3 Å². The molecular formula is C29H27N7O6S. The number of fused-ring (bicyclic) bond motifs is 3. The summed E-state index contributed by atoms with van der Waals surface area (Å²) in [6, 6.07) is 16.5. The molecule has 0 fully saturated rings. The largest absolute Gasteiger partial charge is 0.480 e. The van der Waals surface area contributed by atoms with Gasteiger partial charge in [-0.1, -0.05) is 36.4 Å². The van der Waals surface area contributed by atoms with Gasteiger partial charge in [-0.2, -0.15) is 9.82 Å². The maximum Gasteiger partial charge on any atom is 0.323 e. The molecule has 220 valence electrons. The summed E-state index contributed by atoms with van der Waals surface area (Å²) in [6.07, 6.45) is 2.09. The lowest BCUT2D eigenvalue weighted by Gasteiger charge is -2.16. The summed E-state index contributed by atoms with van der Waals surface area (Å²) < 4.78 is 31.8. The molecule has 5 aromatic rings. The third kappa shape index (κ3) is 5.69. The number of hydrogen-bond donors (Lipinski definition) is 4. The van der Waals surface area contributed by atoms with E-state index in [-0.39, 0.29) is 16.0 Å². The van der Waals surface area contributed by atoms with E-state index < -0.39 is 34.5 Å². The molecule has 1 unspecified atom stereocenters. The molecule has 0 radical (unpaired) electrons. The SMILES string of the molecule is O=C(NCC(NS(=O)(=O)c1cccc2ccccc12)C(=O)O)c1ccc2c(cnn2CCc2cc(=O)n3c(n2)NCC3)c1. The van der Waals surface area contributed by atoms with Crippen LogP contribution in [0, 0.1) is 0 Å². The number of rotatable bonds is 10. The number of benzene rings is 3. The molecule has 4 N–H and O–H groups in total. The quantitative estimate of drug-likeness (QED) is 0.185. The van der Waals surface area contributed by atoms with Gasteiger partial charge in [0, 0.05) is 55.0 Å². The molecule has 2 aromatic heterocycles. The summed E-state index contributed by atoms with van der Waals surface area (Å²) in [5, 5.41) is 21.5. The number of amides is 1. The second-order valence-electron chi connectivity index (χ2n) is 10.1. The minimum atomic E-state index is -4.22. The van der Waals surface area contributed by atoms with Crippen molar-refractivity contribution in [2.24, 2.45) is 0 Å². The number of sulfonamides is 1. The lowest BCUT2D eigenvalue weighted by Crippen LogP contribution is -2.48. The summed E-state index contributed by atoms with van der Waals surface area (Å²) in [4.78, 5) is 41.6. The van der Waals surface area contributed by atoms with Crippen molar-refractivity contribution < 1.29 is 23.1 Å². The van der Waals surface area contributed by atoms with Crippen LogP contribution in [0.2, 0.25) is 0 Å². The van der Waals surface area contributed by atoms with Crippen molar-refractivity contribution >= 4 is 49.5 Å². The predicted molar refractivity (Wildman–Crippen MR) is 158 cm³/mol. The molecule has 3 heterocycles. The first kappa shape index (κ1) is 28.1. The highest BCUT2D eigenvalue weighted by Gasteiger charge is 2.27. The molecule has 0 aliphatic carbocycles. The number of nitrogens with zero attached hydrogens (tertiary/aromatic N) is 4. The summed E-state index contributed by atoms with van der Waals surface area (Å²) in [7, 11) is -4.22. The van der Waals surface area contributed by atoms with E-state index in [9.17, 15) is 27.9 Å². The van der Waals surface area contributed by atoms with Crippen molar-refractivity contribution in [1.82, 2.24) is 29.4 Å². The van der Waals surface area contributed by atoms with Gasteiger partial charge in [0.2, 0.25) is 16.0 Å². The number of anilines is 1. The van der Waals surface area contributed by atoms with Crippen molar-refractivity contribution in [3.63, 3.8) is 0 Å². The lowest BCUT2D eigenvalue weighted by atomic mass is 10.1. The number of aryl methyl sites for hydroxylation is 2. The first-order valence-corrected chi connectivity index (χ1v) is 15.0. The first-order valence-electron chi connectivity index (χ1n) is 13.5. The Morgan fingerprint density at radius 2 is 1.86 bits per heavy atom. The Labute approximate surface area is 245 Å². The van der Waals surface area contributed by atoms with E-state index in [1.165, 1.54) is 12.1 Å². The van der Waals surface area contributed by atoms with Crippen LogP contribution in [0.25, 0.3) is 21.7 Å². The minimum absolute atomic E-state index is 0.0541. The van der Waals surface area contributed by atoms with Crippen LogP contribution in [0.15, 0.2) is 82.6 Å². The number of hydrogen-bond acceptors (Lipinski definition) is 8. The van der Waals surface area contributed by atoms with Gasteiger partial charge in [0.25, 0.3) is 11.5 Å². The molecule has 14 heteroatoms. The highest BCUT2D eigenvalue weighted by atomic mass is 32.2. The lowest BCUT2D eigenvalue weighted by molar-refractivity contribution is -0.138. The minimum Gasteiger partial charge on any atom is -0.480 e.